The van der Waals surface area contributed by atoms with Crippen LogP contribution < -0.4 is 0 Å². The van der Waals surface area contributed by atoms with Crippen molar-refractivity contribution >= 4 is 5.97 Å². The predicted molar refractivity (Wildman–Crippen MR) is 58.4 cm³/mol. The lowest BCUT2D eigenvalue weighted by atomic mass is 10.0. The lowest BCUT2D eigenvalue weighted by Gasteiger charge is -2.01. The second kappa shape index (κ2) is 3.81. The molecule has 0 aliphatic heterocycles. The van der Waals surface area contributed by atoms with Crippen LogP contribution >= 0.6 is 0 Å². The van der Waals surface area contributed by atoms with E-state index in [1.165, 1.54) is 11.6 Å². The van der Waals surface area contributed by atoms with Crippen molar-refractivity contribution in [2.45, 2.75) is 13.8 Å². The van der Waals surface area contributed by atoms with Gasteiger partial charge in [0.15, 0.2) is 0 Å². The number of aryl methyl sites for hydroxylation is 2. The van der Waals surface area contributed by atoms with Gasteiger partial charge in [-0.25, -0.2) is 4.79 Å². The van der Waals surface area contributed by atoms with E-state index >= 15 is 0 Å². The molecule has 0 saturated heterocycles. The third-order valence-corrected chi connectivity index (χ3v) is 2.52. The maximum atomic E-state index is 10.6. The Morgan fingerprint density at radius 2 is 2.00 bits per heavy atom. The maximum Gasteiger partial charge on any atom is 0.374 e. The van der Waals surface area contributed by atoms with Gasteiger partial charge in [0.2, 0.25) is 5.76 Å². The molecule has 1 aromatic heterocycles. The summed E-state index contributed by atoms with van der Waals surface area (Å²) in [5, 5.41) is 12.4. The summed E-state index contributed by atoms with van der Waals surface area (Å²) >= 11 is 0. The van der Waals surface area contributed by atoms with Crippen molar-refractivity contribution in [1.29, 1.82) is 0 Å². The first-order valence-corrected chi connectivity index (χ1v) is 4.85. The van der Waals surface area contributed by atoms with Gasteiger partial charge in [0.25, 0.3) is 0 Å². The van der Waals surface area contributed by atoms with Gasteiger partial charge >= 0.3 is 5.97 Å². The normalized spacial score (nSPS) is 10.4. The third kappa shape index (κ3) is 1.82. The average Bonchev–Trinajstić information content (AvgIpc) is 2.71. The van der Waals surface area contributed by atoms with Gasteiger partial charge in [-0.15, -0.1) is 0 Å². The van der Waals surface area contributed by atoms with Crippen molar-refractivity contribution in [2.75, 3.05) is 0 Å². The van der Waals surface area contributed by atoms with Gasteiger partial charge in [0.05, 0.1) is 0 Å². The molecule has 1 N–H and O–H groups in total. The molecule has 0 unspecified atom stereocenters. The SMILES string of the molecule is Cc1ccc(-c2cc(C(=O)O)on2)cc1C. The maximum absolute atomic E-state index is 10.6. The van der Waals surface area contributed by atoms with Crippen LogP contribution in [-0.4, -0.2) is 16.2 Å². The van der Waals surface area contributed by atoms with Crippen LogP contribution in [0.5, 0.6) is 0 Å². The molecule has 1 heterocycles. The second-order valence-electron chi connectivity index (χ2n) is 3.68. The van der Waals surface area contributed by atoms with Crippen LogP contribution in [-0.2, 0) is 0 Å². The van der Waals surface area contributed by atoms with Crippen molar-refractivity contribution in [3.8, 4) is 11.3 Å². The smallest absolute Gasteiger partial charge is 0.374 e. The molecule has 0 saturated carbocycles. The number of aromatic nitrogens is 1. The fraction of sp³-hybridized carbons (Fsp3) is 0.167. The molecule has 0 amide bonds. The van der Waals surface area contributed by atoms with Gasteiger partial charge < -0.3 is 9.63 Å². The van der Waals surface area contributed by atoms with Crippen LogP contribution in [0.3, 0.4) is 0 Å². The van der Waals surface area contributed by atoms with E-state index in [0.717, 1.165) is 11.1 Å². The molecule has 1 aromatic carbocycles. The summed E-state index contributed by atoms with van der Waals surface area (Å²) in [6.45, 7) is 4.02. The van der Waals surface area contributed by atoms with Gasteiger partial charge in [-0.05, 0) is 31.0 Å². The Morgan fingerprint density at radius 3 is 2.56 bits per heavy atom. The highest BCUT2D eigenvalue weighted by atomic mass is 16.5. The van der Waals surface area contributed by atoms with Gasteiger partial charge in [-0.1, -0.05) is 17.3 Å². The first-order valence-electron chi connectivity index (χ1n) is 4.85. The molecule has 0 fully saturated rings. The van der Waals surface area contributed by atoms with Crippen LogP contribution in [0.4, 0.5) is 0 Å². The molecule has 4 nitrogen and oxygen atoms in total. The summed E-state index contributed by atoms with van der Waals surface area (Å²) in [5.41, 5.74) is 3.72. The van der Waals surface area contributed by atoms with Crippen LogP contribution in [0, 0.1) is 13.8 Å². The number of hydrogen-bond donors (Lipinski definition) is 1. The van der Waals surface area contributed by atoms with E-state index < -0.39 is 5.97 Å². The molecule has 16 heavy (non-hydrogen) atoms. The lowest BCUT2D eigenvalue weighted by Crippen LogP contribution is -1.91. The molecule has 2 aromatic rings. The van der Waals surface area contributed by atoms with E-state index in [0.29, 0.717) is 5.69 Å². The zero-order valence-electron chi connectivity index (χ0n) is 9.02. The van der Waals surface area contributed by atoms with Gasteiger partial charge in [-0.2, -0.15) is 0 Å². The quantitative estimate of drug-likeness (QED) is 0.839. The third-order valence-electron chi connectivity index (χ3n) is 2.52. The number of carboxylic acids is 1. The summed E-state index contributed by atoms with van der Waals surface area (Å²) in [5.74, 6) is -1.25. The lowest BCUT2D eigenvalue weighted by molar-refractivity contribution is 0.0652. The van der Waals surface area contributed by atoms with Crippen molar-refractivity contribution in [2.24, 2.45) is 0 Å². The molecule has 0 radical (unpaired) electrons. The molecule has 0 spiro atoms. The molecule has 0 aliphatic rings. The number of aromatic carboxylic acids is 1. The summed E-state index contributed by atoms with van der Waals surface area (Å²) in [6.07, 6.45) is 0. The molecular weight excluding hydrogens is 206 g/mol. The fourth-order valence-electron chi connectivity index (χ4n) is 1.41. The van der Waals surface area contributed by atoms with Crippen molar-refractivity contribution in [3.05, 3.63) is 41.2 Å². The highest BCUT2D eigenvalue weighted by Crippen LogP contribution is 2.21. The van der Waals surface area contributed by atoms with Crippen molar-refractivity contribution in [1.82, 2.24) is 5.16 Å². The minimum Gasteiger partial charge on any atom is -0.475 e. The zero-order valence-corrected chi connectivity index (χ0v) is 9.02. The Kier molecular flexibility index (Phi) is 2.48. The molecule has 0 bridgehead atoms. The molecular formula is C12H11NO3. The molecule has 2 rings (SSSR count). The van der Waals surface area contributed by atoms with E-state index in [-0.39, 0.29) is 5.76 Å². The highest BCUT2D eigenvalue weighted by molar-refractivity contribution is 5.85. The Bertz CT molecular complexity index is 543. The minimum absolute atomic E-state index is 0.145. The first-order chi connectivity index (χ1) is 7.58. The van der Waals surface area contributed by atoms with Gasteiger partial charge in [-0.3, -0.25) is 0 Å². The van der Waals surface area contributed by atoms with Crippen LogP contribution in [0.1, 0.15) is 21.7 Å². The summed E-state index contributed by atoms with van der Waals surface area (Å²) in [7, 11) is 0. The molecule has 82 valence electrons. The highest BCUT2D eigenvalue weighted by Gasteiger charge is 2.12. The van der Waals surface area contributed by atoms with E-state index in [2.05, 4.69) is 5.16 Å². The van der Waals surface area contributed by atoms with E-state index in [4.69, 9.17) is 9.63 Å². The number of carbonyl (C=O) groups is 1. The largest absolute Gasteiger partial charge is 0.475 e. The van der Waals surface area contributed by atoms with Crippen LogP contribution in [0.25, 0.3) is 11.3 Å². The molecule has 0 atom stereocenters. The fourth-order valence-corrected chi connectivity index (χ4v) is 1.41. The van der Waals surface area contributed by atoms with Crippen LogP contribution in [0.2, 0.25) is 0 Å². The topological polar surface area (TPSA) is 63.3 Å². The monoisotopic (exact) mass is 217 g/mol. The Balaban J connectivity index is 2.42. The Labute approximate surface area is 92.5 Å². The van der Waals surface area contributed by atoms with Gasteiger partial charge in [0, 0.05) is 11.6 Å². The standard InChI is InChI=1S/C12H11NO3/c1-7-3-4-9(5-8(7)2)10-6-11(12(14)15)16-13-10/h3-6H,1-2H3,(H,14,15). The number of benzene rings is 1. The number of hydrogen-bond acceptors (Lipinski definition) is 3. The zero-order chi connectivity index (χ0) is 11.7. The molecule has 0 aliphatic carbocycles. The number of nitrogens with zero attached hydrogens (tertiary/aromatic N) is 1. The van der Waals surface area contributed by atoms with E-state index in [1.807, 2.05) is 32.0 Å². The second-order valence-corrected chi connectivity index (χ2v) is 3.68. The minimum atomic E-state index is -1.11. The van der Waals surface area contributed by atoms with Crippen molar-refractivity contribution < 1.29 is 14.4 Å². The summed E-state index contributed by atoms with van der Waals surface area (Å²) < 4.78 is 4.70. The Morgan fingerprint density at radius 1 is 1.25 bits per heavy atom. The average molecular weight is 217 g/mol. The molecule has 4 heteroatoms. The van der Waals surface area contributed by atoms with E-state index in [9.17, 15) is 4.79 Å². The number of rotatable bonds is 2. The first kappa shape index (κ1) is 10.4. The Hall–Kier alpha value is -2.10. The van der Waals surface area contributed by atoms with E-state index in [1.54, 1.807) is 0 Å². The van der Waals surface area contributed by atoms with Crippen molar-refractivity contribution in [3.63, 3.8) is 0 Å². The predicted octanol–water partition coefficient (Wildman–Crippen LogP) is 2.66. The summed E-state index contributed by atoms with van der Waals surface area (Å²) in [4.78, 5) is 10.6. The summed E-state index contributed by atoms with van der Waals surface area (Å²) in [6, 6.07) is 7.25. The van der Waals surface area contributed by atoms with Crippen LogP contribution in [0.15, 0.2) is 28.8 Å². The van der Waals surface area contributed by atoms with Gasteiger partial charge in [0.1, 0.15) is 5.69 Å². The number of carboxylic acid groups (broad SMARTS) is 1.